The standard InChI is InChI=1S/C9H13N3Si/c1-13(2,3)8-5-10-4-7-9(8)12-6-11-7/h4-6H,1-3H3,(H,11,12). The van der Waals surface area contributed by atoms with Crippen LogP contribution in [0.5, 0.6) is 0 Å². The van der Waals surface area contributed by atoms with Crippen molar-refractivity contribution in [2.45, 2.75) is 19.6 Å². The first kappa shape index (κ1) is 8.44. The van der Waals surface area contributed by atoms with Gasteiger partial charge in [-0.05, 0) is 5.19 Å². The van der Waals surface area contributed by atoms with Crippen LogP contribution in [0.4, 0.5) is 0 Å². The van der Waals surface area contributed by atoms with Crippen LogP contribution in [0.25, 0.3) is 11.0 Å². The maximum absolute atomic E-state index is 4.32. The van der Waals surface area contributed by atoms with Gasteiger partial charge in [0.2, 0.25) is 0 Å². The highest BCUT2D eigenvalue weighted by Crippen LogP contribution is 2.09. The normalized spacial score (nSPS) is 12.2. The average Bonchev–Trinajstić information content (AvgIpc) is 2.48. The molecule has 68 valence electrons. The predicted molar refractivity (Wildman–Crippen MR) is 56.9 cm³/mol. The van der Waals surface area contributed by atoms with Crippen molar-refractivity contribution in [1.82, 2.24) is 15.0 Å². The van der Waals surface area contributed by atoms with Crippen LogP contribution in [-0.2, 0) is 0 Å². The summed E-state index contributed by atoms with van der Waals surface area (Å²) < 4.78 is 0. The fourth-order valence-corrected chi connectivity index (χ4v) is 2.79. The van der Waals surface area contributed by atoms with Gasteiger partial charge in [-0.1, -0.05) is 19.6 Å². The number of pyridine rings is 1. The van der Waals surface area contributed by atoms with E-state index in [0.29, 0.717) is 0 Å². The van der Waals surface area contributed by atoms with Gasteiger partial charge in [-0.2, -0.15) is 0 Å². The van der Waals surface area contributed by atoms with Crippen molar-refractivity contribution in [3.05, 3.63) is 18.7 Å². The monoisotopic (exact) mass is 191 g/mol. The van der Waals surface area contributed by atoms with Crippen LogP contribution < -0.4 is 5.19 Å². The number of H-pyrrole nitrogens is 1. The van der Waals surface area contributed by atoms with Crippen molar-refractivity contribution in [1.29, 1.82) is 0 Å². The third-order valence-corrected chi connectivity index (χ3v) is 4.12. The predicted octanol–water partition coefficient (Wildman–Crippen LogP) is 1.50. The summed E-state index contributed by atoms with van der Waals surface area (Å²) in [5, 5.41) is 1.33. The first-order valence-electron chi connectivity index (χ1n) is 4.36. The van der Waals surface area contributed by atoms with E-state index in [-0.39, 0.29) is 0 Å². The van der Waals surface area contributed by atoms with Crippen LogP contribution in [0.15, 0.2) is 18.7 Å². The quantitative estimate of drug-likeness (QED) is 0.694. The Bertz CT molecular complexity index is 428. The first-order valence-corrected chi connectivity index (χ1v) is 7.86. The number of rotatable bonds is 1. The van der Waals surface area contributed by atoms with Gasteiger partial charge in [0, 0.05) is 6.20 Å². The van der Waals surface area contributed by atoms with Crippen LogP contribution in [0.2, 0.25) is 19.6 Å². The molecule has 2 rings (SSSR count). The molecule has 0 radical (unpaired) electrons. The van der Waals surface area contributed by atoms with Crippen molar-refractivity contribution in [2.24, 2.45) is 0 Å². The van der Waals surface area contributed by atoms with E-state index in [0.717, 1.165) is 11.0 Å². The Kier molecular flexibility index (Phi) is 1.73. The lowest BCUT2D eigenvalue weighted by atomic mass is 10.4. The van der Waals surface area contributed by atoms with E-state index in [1.54, 1.807) is 6.33 Å². The zero-order chi connectivity index (χ0) is 9.47. The lowest BCUT2D eigenvalue weighted by Gasteiger charge is -2.15. The Hall–Kier alpha value is -1.16. The van der Waals surface area contributed by atoms with Crippen LogP contribution in [0.1, 0.15) is 0 Å². The molecule has 3 nitrogen and oxygen atoms in total. The summed E-state index contributed by atoms with van der Waals surface area (Å²) in [5.74, 6) is 0. The van der Waals surface area contributed by atoms with E-state index in [9.17, 15) is 0 Å². The summed E-state index contributed by atoms with van der Waals surface area (Å²) in [7, 11) is -1.31. The van der Waals surface area contributed by atoms with Gasteiger partial charge in [-0.3, -0.25) is 4.98 Å². The van der Waals surface area contributed by atoms with E-state index in [1.807, 2.05) is 12.4 Å². The number of hydrogen-bond donors (Lipinski definition) is 1. The van der Waals surface area contributed by atoms with Crippen molar-refractivity contribution in [3.8, 4) is 0 Å². The molecule has 2 aromatic heterocycles. The molecule has 0 fully saturated rings. The highest BCUT2D eigenvalue weighted by Gasteiger charge is 2.20. The summed E-state index contributed by atoms with van der Waals surface area (Å²) in [4.78, 5) is 11.6. The van der Waals surface area contributed by atoms with E-state index >= 15 is 0 Å². The number of aromatic nitrogens is 3. The summed E-state index contributed by atoms with van der Waals surface area (Å²) in [5.41, 5.74) is 2.13. The molecule has 2 aromatic rings. The molecule has 0 spiro atoms. The molecule has 0 atom stereocenters. The zero-order valence-electron chi connectivity index (χ0n) is 8.13. The lowest BCUT2D eigenvalue weighted by Crippen LogP contribution is -2.38. The van der Waals surface area contributed by atoms with Gasteiger partial charge in [-0.25, -0.2) is 4.98 Å². The molecule has 0 aliphatic heterocycles. The van der Waals surface area contributed by atoms with Gasteiger partial charge in [0.25, 0.3) is 0 Å². The second kappa shape index (κ2) is 2.66. The Morgan fingerprint density at radius 3 is 2.69 bits per heavy atom. The zero-order valence-corrected chi connectivity index (χ0v) is 9.13. The molecule has 0 saturated carbocycles. The molecular weight excluding hydrogens is 178 g/mol. The van der Waals surface area contributed by atoms with Crippen molar-refractivity contribution in [2.75, 3.05) is 0 Å². The maximum atomic E-state index is 4.32. The second-order valence-electron chi connectivity index (χ2n) is 4.24. The molecular formula is C9H13N3Si. The summed E-state index contributed by atoms with van der Waals surface area (Å²) >= 11 is 0. The minimum absolute atomic E-state index is 1.04. The maximum Gasteiger partial charge on any atom is 0.0932 e. The van der Waals surface area contributed by atoms with Gasteiger partial charge in [0.05, 0.1) is 31.6 Å². The molecule has 0 aromatic carbocycles. The van der Waals surface area contributed by atoms with Crippen LogP contribution in [-0.4, -0.2) is 23.0 Å². The van der Waals surface area contributed by atoms with Crippen molar-refractivity contribution in [3.63, 3.8) is 0 Å². The number of nitrogens with one attached hydrogen (secondary N) is 1. The van der Waals surface area contributed by atoms with E-state index < -0.39 is 8.07 Å². The third kappa shape index (κ3) is 1.37. The Balaban J connectivity index is 2.75. The second-order valence-corrected chi connectivity index (χ2v) is 9.27. The number of nitrogens with zero attached hydrogens (tertiary/aromatic N) is 2. The highest BCUT2D eigenvalue weighted by atomic mass is 28.3. The number of imidazole rings is 1. The molecule has 0 amide bonds. The van der Waals surface area contributed by atoms with E-state index in [1.165, 1.54) is 5.19 Å². The molecule has 0 aliphatic rings. The largest absolute Gasteiger partial charge is 0.343 e. The fraction of sp³-hybridized carbons (Fsp3) is 0.333. The first-order chi connectivity index (χ1) is 6.09. The summed E-state index contributed by atoms with van der Waals surface area (Å²) in [6.07, 6.45) is 5.51. The fourth-order valence-electron chi connectivity index (χ4n) is 1.41. The number of aromatic amines is 1. The minimum Gasteiger partial charge on any atom is -0.343 e. The van der Waals surface area contributed by atoms with Crippen molar-refractivity contribution >= 4 is 24.3 Å². The molecule has 4 heteroatoms. The number of hydrogen-bond acceptors (Lipinski definition) is 2. The average molecular weight is 191 g/mol. The molecule has 13 heavy (non-hydrogen) atoms. The van der Waals surface area contributed by atoms with E-state index in [2.05, 4.69) is 34.6 Å². The van der Waals surface area contributed by atoms with E-state index in [4.69, 9.17) is 0 Å². The Morgan fingerprint density at radius 2 is 2.00 bits per heavy atom. The van der Waals surface area contributed by atoms with Crippen LogP contribution in [0, 0.1) is 0 Å². The number of fused-ring (bicyclic) bond motifs is 1. The van der Waals surface area contributed by atoms with Crippen LogP contribution in [0.3, 0.4) is 0 Å². The third-order valence-electron chi connectivity index (χ3n) is 2.14. The molecule has 0 unspecified atom stereocenters. The summed E-state index contributed by atoms with van der Waals surface area (Å²) in [6, 6.07) is 0. The lowest BCUT2D eigenvalue weighted by molar-refractivity contribution is 1.33. The topological polar surface area (TPSA) is 41.6 Å². The SMILES string of the molecule is C[Si](C)(C)c1cncc2[nH]cnc12. The highest BCUT2D eigenvalue weighted by molar-refractivity contribution is 6.90. The van der Waals surface area contributed by atoms with Crippen molar-refractivity contribution < 1.29 is 0 Å². The van der Waals surface area contributed by atoms with Gasteiger partial charge in [-0.15, -0.1) is 0 Å². The molecule has 2 heterocycles. The van der Waals surface area contributed by atoms with Crippen LogP contribution >= 0.6 is 0 Å². The van der Waals surface area contributed by atoms with Gasteiger partial charge in [0.15, 0.2) is 0 Å². The smallest absolute Gasteiger partial charge is 0.0932 e. The van der Waals surface area contributed by atoms with Gasteiger partial charge in [0.1, 0.15) is 0 Å². The molecule has 0 aliphatic carbocycles. The Morgan fingerprint density at radius 1 is 1.23 bits per heavy atom. The minimum atomic E-state index is -1.31. The Labute approximate surface area is 78.2 Å². The molecule has 0 bridgehead atoms. The summed E-state index contributed by atoms with van der Waals surface area (Å²) in [6.45, 7) is 6.91. The molecule has 0 saturated heterocycles. The van der Waals surface area contributed by atoms with Gasteiger partial charge < -0.3 is 4.98 Å². The molecule has 1 N–H and O–H groups in total. The van der Waals surface area contributed by atoms with Gasteiger partial charge >= 0.3 is 0 Å².